The second-order valence-corrected chi connectivity index (χ2v) is 7.48. The molecule has 0 aromatic heterocycles. The van der Waals surface area contributed by atoms with E-state index in [4.69, 9.17) is 4.74 Å². The van der Waals surface area contributed by atoms with Crippen LogP contribution in [0.3, 0.4) is 0 Å². The van der Waals surface area contributed by atoms with E-state index in [1.165, 1.54) is 4.90 Å². The predicted octanol–water partition coefficient (Wildman–Crippen LogP) is 1.96. The summed E-state index contributed by atoms with van der Waals surface area (Å²) in [6.45, 7) is 6.24. The molecule has 1 aromatic rings. The number of aryl methyl sites for hydroxylation is 2. The lowest BCUT2D eigenvalue weighted by molar-refractivity contribution is 0.143. The topological polar surface area (TPSA) is 75.7 Å². The smallest absolute Gasteiger partial charge is 0.414 e. The van der Waals surface area contributed by atoms with E-state index in [0.717, 1.165) is 16.8 Å². The Bertz CT molecular complexity index is 658. The standard InChI is InChI=1S/C15H22N2O4S/c1-4-7-22(19,20)16-9-14-10-17(15(18)21-14)13-6-5-11(2)12(3)8-13/h5-6,8,14,16H,4,7,9-10H2,1-3H3. The molecule has 1 fully saturated rings. The van der Waals surface area contributed by atoms with Crippen LogP contribution in [0.25, 0.3) is 0 Å². The van der Waals surface area contributed by atoms with E-state index < -0.39 is 22.2 Å². The van der Waals surface area contributed by atoms with Crippen LogP contribution in [0.2, 0.25) is 0 Å². The molecule has 1 saturated heterocycles. The number of amides is 1. The second-order valence-electron chi connectivity index (χ2n) is 5.55. The van der Waals surface area contributed by atoms with Crippen LogP contribution in [0, 0.1) is 13.8 Å². The van der Waals surface area contributed by atoms with E-state index in [-0.39, 0.29) is 12.3 Å². The van der Waals surface area contributed by atoms with Crippen LogP contribution in [-0.2, 0) is 14.8 Å². The number of carbonyl (C=O) groups is 1. The molecule has 122 valence electrons. The lowest BCUT2D eigenvalue weighted by Gasteiger charge is -2.14. The van der Waals surface area contributed by atoms with Crippen molar-refractivity contribution >= 4 is 21.8 Å². The fourth-order valence-electron chi connectivity index (χ4n) is 2.29. The van der Waals surface area contributed by atoms with E-state index in [1.54, 1.807) is 6.92 Å². The summed E-state index contributed by atoms with van der Waals surface area (Å²) in [7, 11) is -3.29. The maximum atomic E-state index is 12.0. The van der Waals surface area contributed by atoms with Crippen LogP contribution in [0.15, 0.2) is 18.2 Å². The first-order chi connectivity index (χ1) is 10.3. The van der Waals surface area contributed by atoms with E-state index in [1.807, 2.05) is 32.0 Å². The molecule has 0 radical (unpaired) electrons. The van der Waals surface area contributed by atoms with Gasteiger partial charge in [-0.25, -0.2) is 17.9 Å². The number of anilines is 1. The van der Waals surface area contributed by atoms with Crippen molar-refractivity contribution in [1.82, 2.24) is 4.72 Å². The maximum Gasteiger partial charge on any atom is 0.414 e. The quantitative estimate of drug-likeness (QED) is 0.867. The third kappa shape index (κ3) is 3.98. The minimum Gasteiger partial charge on any atom is -0.443 e. The van der Waals surface area contributed by atoms with E-state index in [0.29, 0.717) is 13.0 Å². The van der Waals surface area contributed by atoms with Gasteiger partial charge in [0.1, 0.15) is 6.10 Å². The summed E-state index contributed by atoms with van der Waals surface area (Å²) in [6, 6.07) is 5.75. The van der Waals surface area contributed by atoms with Gasteiger partial charge >= 0.3 is 6.09 Å². The Labute approximate surface area is 131 Å². The molecule has 1 atom stereocenters. The lowest BCUT2D eigenvalue weighted by Crippen LogP contribution is -2.35. The molecule has 1 amide bonds. The number of benzene rings is 1. The first-order valence-electron chi connectivity index (χ1n) is 7.35. The van der Waals surface area contributed by atoms with Crippen molar-refractivity contribution in [3.8, 4) is 0 Å². The van der Waals surface area contributed by atoms with Gasteiger partial charge in [0.05, 0.1) is 12.3 Å². The second kappa shape index (κ2) is 6.66. The van der Waals surface area contributed by atoms with Crippen molar-refractivity contribution in [3.05, 3.63) is 29.3 Å². The summed E-state index contributed by atoms with van der Waals surface area (Å²) in [4.78, 5) is 13.5. The van der Waals surface area contributed by atoms with Gasteiger partial charge in [0, 0.05) is 12.2 Å². The van der Waals surface area contributed by atoms with Gasteiger partial charge < -0.3 is 4.74 Å². The van der Waals surface area contributed by atoms with E-state index >= 15 is 0 Å². The number of nitrogens with one attached hydrogen (secondary N) is 1. The third-order valence-corrected chi connectivity index (χ3v) is 5.23. The Balaban J connectivity index is 2.00. The molecule has 1 aromatic carbocycles. The number of carbonyl (C=O) groups excluding carboxylic acids is 1. The maximum absolute atomic E-state index is 12.0. The average Bonchev–Trinajstić information content (AvgIpc) is 2.81. The summed E-state index contributed by atoms with van der Waals surface area (Å²) in [5.74, 6) is 0.0779. The number of sulfonamides is 1. The highest BCUT2D eigenvalue weighted by molar-refractivity contribution is 7.89. The van der Waals surface area contributed by atoms with Crippen molar-refractivity contribution in [2.24, 2.45) is 0 Å². The van der Waals surface area contributed by atoms with Crippen LogP contribution >= 0.6 is 0 Å². The molecule has 1 aliphatic rings. The Kier molecular flexibility index (Phi) is 5.08. The zero-order valence-electron chi connectivity index (χ0n) is 13.1. The molecule has 1 heterocycles. The van der Waals surface area contributed by atoms with Gasteiger partial charge in [-0.15, -0.1) is 0 Å². The highest BCUT2D eigenvalue weighted by atomic mass is 32.2. The van der Waals surface area contributed by atoms with E-state index in [2.05, 4.69) is 4.72 Å². The molecule has 0 aliphatic carbocycles. The van der Waals surface area contributed by atoms with Crippen molar-refractivity contribution in [2.45, 2.75) is 33.3 Å². The summed E-state index contributed by atoms with van der Waals surface area (Å²) in [5.41, 5.74) is 3.02. The molecule has 7 heteroatoms. The summed E-state index contributed by atoms with van der Waals surface area (Å²) >= 11 is 0. The van der Waals surface area contributed by atoms with Gasteiger partial charge in [-0.2, -0.15) is 0 Å². The SMILES string of the molecule is CCCS(=O)(=O)NCC1CN(c2ccc(C)c(C)c2)C(=O)O1. The molecule has 0 saturated carbocycles. The monoisotopic (exact) mass is 326 g/mol. The molecule has 1 unspecified atom stereocenters. The molecular weight excluding hydrogens is 304 g/mol. The fraction of sp³-hybridized carbons (Fsp3) is 0.533. The van der Waals surface area contributed by atoms with Crippen LogP contribution < -0.4 is 9.62 Å². The van der Waals surface area contributed by atoms with Gasteiger partial charge in [0.15, 0.2) is 0 Å². The highest BCUT2D eigenvalue weighted by Gasteiger charge is 2.33. The Morgan fingerprint density at radius 1 is 1.32 bits per heavy atom. The third-order valence-electron chi connectivity index (χ3n) is 3.68. The number of hydrogen-bond acceptors (Lipinski definition) is 4. The molecule has 0 spiro atoms. The Morgan fingerprint density at radius 3 is 2.68 bits per heavy atom. The zero-order chi connectivity index (χ0) is 16.3. The van der Waals surface area contributed by atoms with Crippen LogP contribution in [0.5, 0.6) is 0 Å². The Hall–Kier alpha value is -1.60. The molecule has 2 rings (SSSR count). The fourth-order valence-corrected chi connectivity index (χ4v) is 3.41. The highest BCUT2D eigenvalue weighted by Crippen LogP contribution is 2.23. The molecule has 22 heavy (non-hydrogen) atoms. The molecular formula is C15H22N2O4S. The van der Waals surface area contributed by atoms with Crippen LogP contribution in [-0.4, -0.2) is 39.5 Å². The zero-order valence-corrected chi connectivity index (χ0v) is 13.9. The van der Waals surface area contributed by atoms with Gasteiger partial charge in [0.2, 0.25) is 10.0 Å². The minimum atomic E-state index is -3.29. The Morgan fingerprint density at radius 2 is 2.05 bits per heavy atom. The number of hydrogen-bond donors (Lipinski definition) is 1. The summed E-state index contributed by atoms with van der Waals surface area (Å²) < 4.78 is 31.0. The molecule has 1 N–H and O–H groups in total. The largest absolute Gasteiger partial charge is 0.443 e. The first kappa shape index (κ1) is 16.8. The van der Waals surface area contributed by atoms with Gasteiger partial charge in [-0.05, 0) is 43.5 Å². The normalized spacial score (nSPS) is 18.6. The number of cyclic esters (lactones) is 1. The average molecular weight is 326 g/mol. The molecule has 1 aliphatic heterocycles. The lowest BCUT2D eigenvalue weighted by atomic mass is 10.1. The van der Waals surface area contributed by atoms with Crippen molar-refractivity contribution in [2.75, 3.05) is 23.7 Å². The van der Waals surface area contributed by atoms with Crippen molar-refractivity contribution < 1.29 is 17.9 Å². The van der Waals surface area contributed by atoms with Crippen molar-refractivity contribution in [3.63, 3.8) is 0 Å². The van der Waals surface area contributed by atoms with Crippen LogP contribution in [0.1, 0.15) is 24.5 Å². The van der Waals surface area contributed by atoms with Gasteiger partial charge in [-0.1, -0.05) is 13.0 Å². The number of nitrogens with zero attached hydrogens (tertiary/aromatic N) is 1. The van der Waals surface area contributed by atoms with Crippen LogP contribution in [0.4, 0.5) is 10.5 Å². The van der Waals surface area contributed by atoms with Crippen molar-refractivity contribution in [1.29, 1.82) is 0 Å². The minimum absolute atomic E-state index is 0.0779. The van der Waals surface area contributed by atoms with E-state index in [9.17, 15) is 13.2 Å². The number of rotatable bonds is 6. The number of ether oxygens (including phenoxy) is 1. The molecule has 6 nitrogen and oxygen atoms in total. The van der Waals surface area contributed by atoms with Gasteiger partial charge in [-0.3, -0.25) is 4.90 Å². The predicted molar refractivity (Wildman–Crippen MR) is 85.6 cm³/mol. The summed E-state index contributed by atoms with van der Waals surface area (Å²) in [6.07, 6.45) is -0.363. The van der Waals surface area contributed by atoms with Gasteiger partial charge in [0.25, 0.3) is 0 Å². The molecule has 0 bridgehead atoms. The summed E-state index contributed by atoms with van der Waals surface area (Å²) in [5, 5.41) is 0. The first-order valence-corrected chi connectivity index (χ1v) is 9.00.